The number of rotatable bonds is 4. The molecule has 0 spiro atoms. The Labute approximate surface area is 132 Å². The van der Waals surface area contributed by atoms with Crippen LogP contribution in [0.3, 0.4) is 0 Å². The number of phenolic OH excluding ortho intramolecular Hbond substituents is 1. The molecule has 104 valence electrons. The van der Waals surface area contributed by atoms with Crippen LogP contribution in [-0.4, -0.2) is 17.1 Å². The maximum Gasteiger partial charge on any atom is 0.251 e. The minimum atomic E-state index is -0.167. The predicted molar refractivity (Wildman–Crippen MR) is 87.9 cm³/mol. The van der Waals surface area contributed by atoms with Crippen molar-refractivity contribution in [2.75, 3.05) is 0 Å². The van der Waals surface area contributed by atoms with Gasteiger partial charge in [0, 0.05) is 11.6 Å². The van der Waals surface area contributed by atoms with E-state index in [9.17, 15) is 9.90 Å². The van der Waals surface area contributed by atoms with Gasteiger partial charge in [-0.2, -0.15) is 0 Å². The summed E-state index contributed by atoms with van der Waals surface area (Å²) in [7, 11) is 0. The number of carbonyl (C=O) groups excluding carboxylic acids is 1. The van der Waals surface area contributed by atoms with Gasteiger partial charge >= 0.3 is 0 Å². The fraction of sp³-hybridized carbons (Fsp3) is 0.188. The fourth-order valence-electron chi connectivity index (χ4n) is 1.98. The lowest BCUT2D eigenvalue weighted by molar-refractivity contribution is 0.0939. The molecule has 0 aliphatic carbocycles. The maximum atomic E-state index is 12.1. The first-order chi connectivity index (χ1) is 9.56. The first kappa shape index (κ1) is 14.8. The Kier molecular flexibility index (Phi) is 5.00. The molecule has 0 aliphatic heterocycles. The van der Waals surface area contributed by atoms with E-state index >= 15 is 0 Å². The topological polar surface area (TPSA) is 49.3 Å². The van der Waals surface area contributed by atoms with Gasteiger partial charge in [0.1, 0.15) is 5.75 Å². The van der Waals surface area contributed by atoms with Crippen LogP contribution in [0.25, 0.3) is 0 Å². The first-order valence-electron chi connectivity index (χ1n) is 6.39. The Hall–Kier alpha value is -1.56. The molecule has 2 rings (SSSR count). The Morgan fingerprint density at radius 2 is 1.95 bits per heavy atom. The molecule has 1 atom stereocenters. The van der Waals surface area contributed by atoms with Gasteiger partial charge in [-0.3, -0.25) is 4.79 Å². The SMILES string of the molecule is CC(Cc1ccccc1)NC(=O)c1ccc(I)c(O)c1. The van der Waals surface area contributed by atoms with Crippen LogP contribution >= 0.6 is 22.6 Å². The molecule has 0 saturated heterocycles. The van der Waals surface area contributed by atoms with Crippen LogP contribution in [0.1, 0.15) is 22.8 Å². The van der Waals surface area contributed by atoms with Crippen LogP contribution in [0, 0.1) is 3.57 Å². The van der Waals surface area contributed by atoms with Gasteiger partial charge in [-0.05, 0) is 59.7 Å². The van der Waals surface area contributed by atoms with Crippen molar-refractivity contribution in [3.05, 3.63) is 63.2 Å². The summed E-state index contributed by atoms with van der Waals surface area (Å²) < 4.78 is 0.733. The molecule has 0 fully saturated rings. The van der Waals surface area contributed by atoms with Gasteiger partial charge in [0.05, 0.1) is 3.57 Å². The Morgan fingerprint density at radius 3 is 2.60 bits per heavy atom. The van der Waals surface area contributed by atoms with Crippen LogP contribution in [0.4, 0.5) is 0 Å². The molecule has 0 aromatic heterocycles. The van der Waals surface area contributed by atoms with Gasteiger partial charge in [-0.25, -0.2) is 0 Å². The summed E-state index contributed by atoms with van der Waals surface area (Å²) in [5, 5.41) is 12.6. The second-order valence-electron chi connectivity index (χ2n) is 4.73. The smallest absolute Gasteiger partial charge is 0.251 e. The number of hydrogen-bond donors (Lipinski definition) is 2. The molecule has 1 amide bonds. The molecule has 2 aromatic rings. The van der Waals surface area contributed by atoms with Crippen LogP contribution < -0.4 is 5.32 Å². The Balaban J connectivity index is 1.98. The van der Waals surface area contributed by atoms with Gasteiger partial charge in [-0.15, -0.1) is 0 Å². The second kappa shape index (κ2) is 6.74. The fourth-order valence-corrected chi connectivity index (χ4v) is 2.32. The monoisotopic (exact) mass is 381 g/mol. The van der Waals surface area contributed by atoms with E-state index in [1.807, 2.05) is 59.8 Å². The molecule has 0 radical (unpaired) electrons. The molecular weight excluding hydrogens is 365 g/mol. The third-order valence-electron chi connectivity index (χ3n) is 2.97. The molecule has 1 unspecified atom stereocenters. The van der Waals surface area contributed by atoms with Gasteiger partial charge in [0.25, 0.3) is 5.91 Å². The summed E-state index contributed by atoms with van der Waals surface area (Å²) in [6.07, 6.45) is 0.781. The van der Waals surface area contributed by atoms with E-state index in [1.165, 1.54) is 11.6 Å². The van der Waals surface area contributed by atoms with Gasteiger partial charge < -0.3 is 10.4 Å². The van der Waals surface area contributed by atoms with Crippen molar-refractivity contribution in [2.24, 2.45) is 0 Å². The van der Waals surface area contributed by atoms with Crippen LogP contribution in [0.2, 0.25) is 0 Å². The zero-order valence-corrected chi connectivity index (χ0v) is 13.3. The zero-order valence-electron chi connectivity index (χ0n) is 11.1. The number of amides is 1. The summed E-state index contributed by atoms with van der Waals surface area (Å²) in [4.78, 5) is 12.1. The number of carbonyl (C=O) groups is 1. The van der Waals surface area contributed by atoms with E-state index in [-0.39, 0.29) is 17.7 Å². The average molecular weight is 381 g/mol. The normalized spacial score (nSPS) is 11.9. The van der Waals surface area contributed by atoms with E-state index < -0.39 is 0 Å². The van der Waals surface area contributed by atoms with E-state index in [1.54, 1.807) is 12.1 Å². The van der Waals surface area contributed by atoms with Crippen molar-refractivity contribution in [1.82, 2.24) is 5.32 Å². The molecule has 0 saturated carbocycles. The van der Waals surface area contributed by atoms with Crippen molar-refractivity contribution < 1.29 is 9.90 Å². The standard InChI is InChI=1S/C16H16INO2/c1-11(9-12-5-3-2-4-6-12)18-16(20)13-7-8-14(17)15(19)10-13/h2-8,10-11,19H,9H2,1H3,(H,18,20). The molecule has 2 aromatic carbocycles. The van der Waals surface area contributed by atoms with E-state index in [0.717, 1.165) is 9.99 Å². The first-order valence-corrected chi connectivity index (χ1v) is 7.47. The highest BCUT2D eigenvalue weighted by Crippen LogP contribution is 2.20. The molecule has 0 bridgehead atoms. The van der Waals surface area contributed by atoms with Gasteiger partial charge in [-0.1, -0.05) is 30.3 Å². The lowest BCUT2D eigenvalue weighted by atomic mass is 10.1. The molecule has 0 aliphatic rings. The minimum absolute atomic E-state index is 0.0336. The van der Waals surface area contributed by atoms with Crippen molar-refractivity contribution >= 4 is 28.5 Å². The van der Waals surface area contributed by atoms with Crippen molar-refractivity contribution in [2.45, 2.75) is 19.4 Å². The lowest BCUT2D eigenvalue weighted by Gasteiger charge is -2.14. The number of nitrogens with one attached hydrogen (secondary N) is 1. The molecule has 2 N–H and O–H groups in total. The number of benzene rings is 2. The molecule has 3 nitrogen and oxygen atoms in total. The highest BCUT2D eigenvalue weighted by Gasteiger charge is 2.11. The zero-order chi connectivity index (χ0) is 14.5. The Bertz CT molecular complexity index is 599. The van der Waals surface area contributed by atoms with Crippen LogP contribution in [0.5, 0.6) is 5.75 Å². The molecule has 20 heavy (non-hydrogen) atoms. The minimum Gasteiger partial charge on any atom is -0.507 e. The summed E-state index contributed by atoms with van der Waals surface area (Å²) in [5.41, 5.74) is 1.66. The van der Waals surface area contributed by atoms with E-state index in [2.05, 4.69) is 5.32 Å². The Morgan fingerprint density at radius 1 is 1.25 bits per heavy atom. The third kappa shape index (κ3) is 3.96. The van der Waals surface area contributed by atoms with E-state index in [0.29, 0.717) is 5.56 Å². The quantitative estimate of drug-likeness (QED) is 0.799. The highest BCUT2D eigenvalue weighted by molar-refractivity contribution is 14.1. The molecule has 0 heterocycles. The average Bonchev–Trinajstić information content (AvgIpc) is 2.42. The summed E-state index contributed by atoms with van der Waals surface area (Å²) in [6, 6.07) is 15.0. The molecular formula is C16H16INO2. The van der Waals surface area contributed by atoms with Crippen molar-refractivity contribution in [3.8, 4) is 5.75 Å². The summed E-state index contributed by atoms with van der Waals surface area (Å²) >= 11 is 2.02. The summed E-state index contributed by atoms with van der Waals surface area (Å²) in [6.45, 7) is 1.97. The van der Waals surface area contributed by atoms with Crippen LogP contribution in [0.15, 0.2) is 48.5 Å². The number of hydrogen-bond acceptors (Lipinski definition) is 2. The molecule has 4 heteroatoms. The second-order valence-corrected chi connectivity index (χ2v) is 5.89. The highest BCUT2D eigenvalue weighted by atomic mass is 127. The lowest BCUT2D eigenvalue weighted by Crippen LogP contribution is -2.34. The van der Waals surface area contributed by atoms with Crippen molar-refractivity contribution in [1.29, 1.82) is 0 Å². The van der Waals surface area contributed by atoms with E-state index in [4.69, 9.17) is 0 Å². The maximum absolute atomic E-state index is 12.1. The predicted octanol–water partition coefficient (Wildman–Crippen LogP) is 3.36. The number of aromatic hydroxyl groups is 1. The van der Waals surface area contributed by atoms with Gasteiger partial charge in [0.15, 0.2) is 0 Å². The number of phenols is 1. The number of halogens is 1. The van der Waals surface area contributed by atoms with Crippen molar-refractivity contribution in [3.63, 3.8) is 0 Å². The van der Waals surface area contributed by atoms with Gasteiger partial charge in [0.2, 0.25) is 0 Å². The third-order valence-corrected chi connectivity index (χ3v) is 3.88. The van der Waals surface area contributed by atoms with Crippen LogP contribution in [-0.2, 0) is 6.42 Å². The largest absolute Gasteiger partial charge is 0.507 e. The summed E-state index contributed by atoms with van der Waals surface area (Å²) in [5.74, 6) is -0.0332.